The molecule has 3 nitrogen and oxygen atoms in total. The third-order valence-corrected chi connectivity index (χ3v) is 4.11. The van der Waals surface area contributed by atoms with Gasteiger partial charge in [-0.15, -0.1) is 0 Å². The predicted molar refractivity (Wildman–Crippen MR) is 78.9 cm³/mol. The number of halogens is 1. The van der Waals surface area contributed by atoms with Crippen molar-refractivity contribution in [2.45, 2.75) is 12.7 Å². The van der Waals surface area contributed by atoms with E-state index in [-0.39, 0.29) is 5.75 Å². The Labute approximate surface area is 118 Å². The molecule has 1 N–H and O–H groups in total. The number of rotatable bonds is 4. The molecule has 0 amide bonds. The Balaban J connectivity index is 2.10. The number of aryl methyl sites for hydroxylation is 1. The first-order valence-electron chi connectivity index (χ1n) is 5.76. The Morgan fingerprint density at radius 2 is 1.58 bits per heavy atom. The summed E-state index contributed by atoms with van der Waals surface area (Å²) in [7, 11) is -3.41. The lowest BCUT2D eigenvalue weighted by atomic mass is 10.2. The molecule has 0 aliphatic heterocycles. The summed E-state index contributed by atoms with van der Waals surface area (Å²) in [4.78, 5) is 0. The van der Waals surface area contributed by atoms with Gasteiger partial charge in [0.15, 0.2) is 0 Å². The number of benzene rings is 2. The smallest absolute Gasteiger partial charge is 0.236 e. The highest BCUT2D eigenvalue weighted by atomic mass is 35.5. The van der Waals surface area contributed by atoms with Gasteiger partial charge < -0.3 is 0 Å². The molecule has 0 aliphatic rings. The topological polar surface area (TPSA) is 46.2 Å². The van der Waals surface area contributed by atoms with Crippen molar-refractivity contribution in [3.8, 4) is 0 Å². The third kappa shape index (κ3) is 4.26. The van der Waals surface area contributed by atoms with Gasteiger partial charge in [0, 0.05) is 10.7 Å². The summed E-state index contributed by atoms with van der Waals surface area (Å²) >= 11 is 5.75. The van der Waals surface area contributed by atoms with Gasteiger partial charge >= 0.3 is 0 Å². The lowest BCUT2D eigenvalue weighted by Crippen LogP contribution is -2.14. The molecule has 0 saturated carbocycles. The molecule has 0 saturated heterocycles. The molecule has 19 heavy (non-hydrogen) atoms. The highest BCUT2D eigenvalue weighted by Gasteiger charge is 2.11. The zero-order valence-corrected chi connectivity index (χ0v) is 12.0. The van der Waals surface area contributed by atoms with Crippen molar-refractivity contribution in [1.29, 1.82) is 0 Å². The molecule has 0 aromatic heterocycles. The number of hydrogen-bond acceptors (Lipinski definition) is 2. The van der Waals surface area contributed by atoms with Crippen molar-refractivity contribution in [2.24, 2.45) is 0 Å². The van der Waals surface area contributed by atoms with Crippen LogP contribution in [0.4, 0.5) is 5.69 Å². The van der Waals surface area contributed by atoms with Gasteiger partial charge in [-0.05, 0) is 36.8 Å². The zero-order valence-electron chi connectivity index (χ0n) is 10.4. The standard InChI is InChI=1S/C14H14ClNO2S/c1-11-2-4-12(5-3-11)10-19(17,18)16-14-8-6-13(15)7-9-14/h2-9,16H,10H2,1H3. The average Bonchev–Trinajstić information content (AvgIpc) is 2.34. The van der Waals surface area contributed by atoms with E-state index in [4.69, 9.17) is 11.6 Å². The fraction of sp³-hybridized carbons (Fsp3) is 0.143. The molecule has 0 fully saturated rings. The van der Waals surface area contributed by atoms with Crippen LogP contribution in [0.25, 0.3) is 0 Å². The van der Waals surface area contributed by atoms with Gasteiger partial charge in [-0.25, -0.2) is 8.42 Å². The summed E-state index contributed by atoms with van der Waals surface area (Å²) in [6, 6.07) is 14.0. The van der Waals surface area contributed by atoms with E-state index in [1.807, 2.05) is 31.2 Å². The van der Waals surface area contributed by atoms with Gasteiger partial charge in [-0.3, -0.25) is 4.72 Å². The molecule has 100 valence electrons. The van der Waals surface area contributed by atoms with Gasteiger partial charge in [0.2, 0.25) is 10.0 Å². The Hall–Kier alpha value is -1.52. The van der Waals surface area contributed by atoms with Crippen LogP contribution in [-0.4, -0.2) is 8.42 Å². The van der Waals surface area contributed by atoms with E-state index in [9.17, 15) is 8.42 Å². The van der Waals surface area contributed by atoms with E-state index in [1.165, 1.54) is 0 Å². The largest absolute Gasteiger partial charge is 0.283 e. The summed E-state index contributed by atoms with van der Waals surface area (Å²) in [5.41, 5.74) is 2.37. The maximum absolute atomic E-state index is 12.0. The van der Waals surface area contributed by atoms with Gasteiger partial charge in [-0.1, -0.05) is 41.4 Å². The lowest BCUT2D eigenvalue weighted by molar-refractivity contribution is 0.600. The van der Waals surface area contributed by atoms with Crippen LogP contribution < -0.4 is 4.72 Å². The summed E-state index contributed by atoms with van der Waals surface area (Å²) in [6.07, 6.45) is 0. The minimum Gasteiger partial charge on any atom is -0.283 e. The lowest BCUT2D eigenvalue weighted by Gasteiger charge is -2.08. The molecule has 5 heteroatoms. The second kappa shape index (κ2) is 5.63. The van der Waals surface area contributed by atoms with Crippen LogP contribution in [0, 0.1) is 6.92 Å². The van der Waals surface area contributed by atoms with Crippen LogP contribution in [0.3, 0.4) is 0 Å². The van der Waals surface area contributed by atoms with Crippen molar-refractivity contribution in [1.82, 2.24) is 0 Å². The molecule has 0 spiro atoms. The fourth-order valence-corrected chi connectivity index (χ4v) is 2.96. The number of sulfonamides is 1. The molecule has 2 aromatic carbocycles. The van der Waals surface area contributed by atoms with E-state index < -0.39 is 10.0 Å². The molecule has 2 rings (SSSR count). The van der Waals surface area contributed by atoms with Crippen molar-refractivity contribution < 1.29 is 8.42 Å². The van der Waals surface area contributed by atoms with Crippen LogP contribution in [0.5, 0.6) is 0 Å². The van der Waals surface area contributed by atoms with Crippen molar-refractivity contribution in [3.05, 3.63) is 64.7 Å². The highest BCUT2D eigenvalue weighted by molar-refractivity contribution is 7.91. The van der Waals surface area contributed by atoms with E-state index >= 15 is 0 Å². The van der Waals surface area contributed by atoms with E-state index in [1.54, 1.807) is 24.3 Å². The molecule has 0 radical (unpaired) electrons. The van der Waals surface area contributed by atoms with Crippen molar-refractivity contribution in [2.75, 3.05) is 4.72 Å². The molecule has 0 aliphatic carbocycles. The summed E-state index contributed by atoms with van der Waals surface area (Å²) in [6.45, 7) is 1.96. The molecular weight excluding hydrogens is 282 g/mol. The number of anilines is 1. The van der Waals surface area contributed by atoms with Gasteiger partial charge in [0.05, 0.1) is 5.75 Å². The van der Waals surface area contributed by atoms with Crippen LogP contribution >= 0.6 is 11.6 Å². The highest BCUT2D eigenvalue weighted by Crippen LogP contribution is 2.16. The quantitative estimate of drug-likeness (QED) is 0.937. The Morgan fingerprint density at radius 1 is 1.00 bits per heavy atom. The van der Waals surface area contributed by atoms with Crippen LogP contribution in [0.2, 0.25) is 5.02 Å². The summed E-state index contributed by atoms with van der Waals surface area (Å²) in [5, 5.41) is 0.571. The number of hydrogen-bond donors (Lipinski definition) is 1. The molecule has 0 bridgehead atoms. The first-order valence-corrected chi connectivity index (χ1v) is 7.79. The number of nitrogens with one attached hydrogen (secondary N) is 1. The molecule has 0 atom stereocenters. The first-order chi connectivity index (χ1) is 8.94. The molecule has 0 unspecified atom stereocenters. The monoisotopic (exact) mass is 295 g/mol. The Bertz CT molecular complexity index is 595. The van der Waals surface area contributed by atoms with Crippen molar-refractivity contribution >= 4 is 27.3 Å². The van der Waals surface area contributed by atoms with Crippen molar-refractivity contribution in [3.63, 3.8) is 0 Å². The third-order valence-electron chi connectivity index (χ3n) is 2.59. The summed E-state index contributed by atoms with van der Waals surface area (Å²) < 4.78 is 26.5. The normalized spacial score (nSPS) is 11.3. The zero-order chi connectivity index (χ0) is 13.9. The average molecular weight is 296 g/mol. The Morgan fingerprint density at radius 3 is 2.16 bits per heavy atom. The SMILES string of the molecule is Cc1ccc(CS(=O)(=O)Nc2ccc(Cl)cc2)cc1. The predicted octanol–water partition coefficient (Wildman–Crippen LogP) is 3.59. The fourth-order valence-electron chi connectivity index (χ4n) is 1.64. The second-order valence-corrected chi connectivity index (χ2v) is 6.51. The Kier molecular flexibility index (Phi) is 4.12. The van der Waals surface area contributed by atoms with E-state index in [0.29, 0.717) is 10.7 Å². The van der Waals surface area contributed by atoms with E-state index in [0.717, 1.165) is 11.1 Å². The van der Waals surface area contributed by atoms with Gasteiger partial charge in [-0.2, -0.15) is 0 Å². The second-order valence-electron chi connectivity index (χ2n) is 4.35. The molecule has 0 heterocycles. The first kappa shape index (κ1) is 13.9. The maximum atomic E-state index is 12.0. The van der Waals surface area contributed by atoms with E-state index in [2.05, 4.69) is 4.72 Å². The molecule has 2 aromatic rings. The minimum atomic E-state index is -3.41. The minimum absolute atomic E-state index is 0.0457. The maximum Gasteiger partial charge on any atom is 0.236 e. The van der Waals surface area contributed by atoms with Crippen LogP contribution in [0.1, 0.15) is 11.1 Å². The van der Waals surface area contributed by atoms with Gasteiger partial charge in [0.25, 0.3) is 0 Å². The van der Waals surface area contributed by atoms with Crippen LogP contribution in [-0.2, 0) is 15.8 Å². The molecular formula is C14H14ClNO2S. The summed E-state index contributed by atoms with van der Waals surface area (Å²) in [5.74, 6) is -0.0457. The van der Waals surface area contributed by atoms with Gasteiger partial charge in [0.1, 0.15) is 0 Å². The van der Waals surface area contributed by atoms with Crippen LogP contribution in [0.15, 0.2) is 48.5 Å².